The third kappa shape index (κ3) is 4.95. The van der Waals surface area contributed by atoms with Crippen LogP contribution in [0, 0.1) is 0 Å². The first-order valence-corrected chi connectivity index (χ1v) is 8.82. The van der Waals surface area contributed by atoms with Crippen molar-refractivity contribution in [2.75, 3.05) is 5.32 Å². The standard InChI is InChI=1S/C17H12ClF3N4OS/c18-14-6-5-12(7-13(14)17(19,20)21)23-16(26)22-8-10-1-3-11(4-2-10)15-9-27-25-24-15/h1-7,9H,8H2,(H2,22,23,26). The molecule has 0 bridgehead atoms. The predicted molar refractivity (Wildman–Crippen MR) is 97.7 cm³/mol. The van der Waals surface area contributed by atoms with Gasteiger partial charge in [0, 0.05) is 23.2 Å². The Hall–Kier alpha value is -2.65. The molecule has 0 atom stereocenters. The first kappa shape index (κ1) is 19.1. The molecule has 0 saturated carbocycles. The van der Waals surface area contributed by atoms with E-state index in [0.717, 1.165) is 29.0 Å². The second-order valence-electron chi connectivity index (χ2n) is 5.49. The summed E-state index contributed by atoms with van der Waals surface area (Å²) in [6.45, 7) is 0.209. The zero-order chi connectivity index (χ0) is 19.4. The molecule has 1 aromatic heterocycles. The van der Waals surface area contributed by atoms with Crippen molar-refractivity contribution in [2.45, 2.75) is 12.7 Å². The van der Waals surface area contributed by atoms with Crippen molar-refractivity contribution in [3.8, 4) is 11.3 Å². The van der Waals surface area contributed by atoms with Crippen LogP contribution in [-0.2, 0) is 12.7 Å². The summed E-state index contributed by atoms with van der Waals surface area (Å²) in [5, 5.41) is 10.3. The van der Waals surface area contributed by atoms with Gasteiger partial charge in [-0.1, -0.05) is 40.4 Å². The van der Waals surface area contributed by atoms with Gasteiger partial charge in [-0.3, -0.25) is 0 Å². The largest absolute Gasteiger partial charge is 0.417 e. The number of carbonyl (C=O) groups is 1. The summed E-state index contributed by atoms with van der Waals surface area (Å²) in [6, 6.07) is 9.88. The number of alkyl halides is 3. The molecule has 2 N–H and O–H groups in total. The summed E-state index contributed by atoms with van der Waals surface area (Å²) in [5.41, 5.74) is 1.48. The topological polar surface area (TPSA) is 66.9 Å². The van der Waals surface area contributed by atoms with Crippen molar-refractivity contribution >= 4 is 34.9 Å². The maximum atomic E-state index is 12.8. The molecule has 0 aliphatic carbocycles. The third-order valence-electron chi connectivity index (χ3n) is 3.59. The SMILES string of the molecule is O=C(NCc1ccc(-c2csnn2)cc1)Nc1ccc(Cl)c(C(F)(F)F)c1. The molecule has 1 heterocycles. The van der Waals surface area contributed by atoms with Crippen LogP contribution in [0.3, 0.4) is 0 Å². The zero-order valence-electron chi connectivity index (χ0n) is 13.5. The fourth-order valence-corrected chi connectivity index (χ4v) is 2.95. The van der Waals surface area contributed by atoms with E-state index >= 15 is 0 Å². The lowest BCUT2D eigenvalue weighted by Crippen LogP contribution is -2.28. The number of benzene rings is 2. The summed E-state index contributed by atoms with van der Waals surface area (Å²) in [7, 11) is 0. The molecule has 0 radical (unpaired) electrons. The molecule has 0 saturated heterocycles. The van der Waals surface area contributed by atoms with E-state index < -0.39 is 22.8 Å². The smallest absolute Gasteiger partial charge is 0.334 e. The first-order valence-electron chi connectivity index (χ1n) is 7.61. The second kappa shape index (κ2) is 7.93. The van der Waals surface area contributed by atoms with Crippen LogP contribution in [0.15, 0.2) is 47.8 Å². The molecule has 3 aromatic rings. The molecule has 2 amide bonds. The minimum atomic E-state index is -4.60. The van der Waals surface area contributed by atoms with Gasteiger partial charge in [-0.15, -0.1) is 5.10 Å². The number of anilines is 1. The van der Waals surface area contributed by atoms with Crippen LogP contribution in [0.2, 0.25) is 5.02 Å². The molecule has 0 unspecified atom stereocenters. The quantitative estimate of drug-likeness (QED) is 0.619. The summed E-state index contributed by atoms with van der Waals surface area (Å²) < 4.78 is 42.3. The highest BCUT2D eigenvalue weighted by atomic mass is 35.5. The van der Waals surface area contributed by atoms with E-state index in [1.54, 1.807) is 0 Å². The number of halogens is 4. The molecule has 10 heteroatoms. The van der Waals surface area contributed by atoms with Crippen LogP contribution in [0.5, 0.6) is 0 Å². The number of nitrogens with one attached hydrogen (secondary N) is 2. The highest BCUT2D eigenvalue weighted by Gasteiger charge is 2.33. The number of aromatic nitrogens is 2. The molecule has 0 fully saturated rings. The minimum absolute atomic E-state index is 0.00407. The average molecular weight is 413 g/mol. The molecule has 0 aliphatic rings. The molecule has 2 aromatic carbocycles. The molecule has 140 valence electrons. The Morgan fingerprint density at radius 3 is 2.52 bits per heavy atom. The molecular formula is C17H12ClF3N4OS. The van der Waals surface area contributed by atoms with Crippen molar-refractivity contribution in [2.24, 2.45) is 0 Å². The predicted octanol–water partition coefficient (Wildman–Crippen LogP) is 5.20. The van der Waals surface area contributed by atoms with Crippen LogP contribution in [0.4, 0.5) is 23.7 Å². The Labute approximate surface area is 161 Å². The van der Waals surface area contributed by atoms with Crippen LogP contribution >= 0.6 is 23.1 Å². The lowest BCUT2D eigenvalue weighted by molar-refractivity contribution is -0.137. The van der Waals surface area contributed by atoms with Gasteiger partial charge in [0.2, 0.25) is 0 Å². The van der Waals surface area contributed by atoms with Crippen molar-refractivity contribution in [1.82, 2.24) is 14.9 Å². The Kier molecular flexibility index (Phi) is 5.62. The van der Waals surface area contributed by atoms with Gasteiger partial charge in [0.15, 0.2) is 0 Å². The van der Waals surface area contributed by atoms with Crippen molar-refractivity contribution < 1.29 is 18.0 Å². The maximum absolute atomic E-state index is 12.8. The molecule has 0 aliphatic heterocycles. The number of hydrogen-bond donors (Lipinski definition) is 2. The van der Waals surface area contributed by atoms with E-state index in [9.17, 15) is 18.0 Å². The number of carbonyl (C=O) groups excluding carboxylic acids is 1. The van der Waals surface area contributed by atoms with Crippen LogP contribution < -0.4 is 10.6 Å². The van der Waals surface area contributed by atoms with Gasteiger partial charge >= 0.3 is 12.2 Å². The third-order valence-corrected chi connectivity index (χ3v) is 4.43. The van der Waals surface area contributed by atoms with E-state index in [2.05, 4.69) is 20.2 Å². The van der Waals surface area contributed by atoms with Crippen LogP contribution in [-0.4, -0.2) is 15.6 Å². The number of nitrogens with zero attached hydrogens (tertiary/aromatic N) is 2. The summed E-state index contributed by atoms with van der Waals surface area (Å²) >= 11 is 6.80. The number of amides is 2. The van der Waals surface area contributed by atoms with E-state index in [-0.39, 0.29) is 12.2 Å². The highest BCUT2D eigenvalue weighted by Crippen LogP contribution is 2.36. The fraction of sp³-hybridized carbons (Fsp3) is 0.118. The minimum Gasteiger partial charge on any atom is -0.334 e. The first-order chi connectivity index (χ1) is 12.8. The number of urea groups is 1. The monoisotopic (exact) mass is 412 g/mol. The van der Waals surface area contributed by atoms with Gasteiger partial charge in [-0.2, -0.15) is 13.2 Å². The number of rotatable bonds is 4. The van der Waals surface area contributed by atoms with Gasteiger partial charge in [-0.25, -0.2) is 4.79 Å². The fourth-order valence-electron chi connectivity index (χ4n) is 2.26. The van der Waals surface area contributed by atoms with Gasteiger partial charge < -0.3 is 10.6 Å². The van der Waals surface area contributed by atoms with Crippen molar-refractivity contribution in [3.63, 3.8) is 0 Å². The van der Waals surface area contributed by atoms with E-state index in [1.807, 2.05) is 29.6 Å². The molecule has 0 spiro atoms. The Morgan fingerprint density at radius 1 is 1.15 bits per heavy atom. The Bertz CT molecular complexity index is 930. The molecule has 5 nitrogen and oxygen atoms in total. The maximum Gasteiger partial charge on any atom is 0.417 e. The molecule has 3 rings (SSSR count). The van der Waals surface area contributed by atoms with Crippen molar-refractivity contribution in [1.29, 1.82) is 0 Å². The number of hydrogen-bond acceptors (Lipinski definition) is 4. The Balaban J connectivity index is 1.58. The summed E-state index contributed by atoms with van der Waals surface area (Å²) in [6.07, 6.45) is -4.60. The summed E-state index contributed by atoms with van der Waals surface area (Å²) in [5.74, 6) is 0. The lowest BCUT2D eigenvalue weighted by Gasteiger charge is -2.12. The molecular weight excluding hydrogens is 401 g/mol. The van der Waals surface area contributed by atoms with Gasteiger partial charge in [0.05, 0.1) is 10.6 Å². The Morgan fingerprint density at radius 2 is 1.89 bits per heavy atom. The summed E-state index contributed by atoms with van der Waals surface area (Å²) in [4.78, 5) is 11.9. The van der Waals surface area contributed by atoms with Crippen LogP contribution in [0.1, 0.15) is 11.1 Å². The van der Waals surface area contributed by atoms with E-state index in [1.165, 1.54) is 17.6 Å². The van der Waals surface area contributed by atoms with Gasteiger partial charge in [0.25, 0.3) is 0 Å². The van der Waals surface area contributed by atoms with Gasteiger partial charge in [0.1, 0.15) is 5.69 Å². The normalized spacial score (nSPS) is 11.3. The molecule has 27 heavy (non-hydrogen) atoms. The average Bonchev–Trinajstić information content (AvgIpc) is 3.16. The zero-order valence-corrected chi connectivity index (χ0v) is 15.1. The van der Waals surface area contributed by atoms with E-state index in [4.69, 9.17) is 11.6 Å². The second-order valence-corrected chi connectivity index (χ2v) is 6.50. The van der Waals surface area contributed by atoms with Crippen LogP contribution in [0.25, 0.3) is 11.3 Å². The highest BCUT2D eigenvalue weighted by molar-refractivity contribution is 7.03. The lowest BCUT2D eigenvalue weighted by atomic mass is 10.1. The van der Waals surface area contributed by atoms with Crippen molar-refractivity contribution in [3.05, 3.63) is 64.0 Å². The van der Waals surface area contributed by atoms with E-state index in [0.29, 0.717) is 0 Å². The van der Waals surface area contributed by atoms with Gasteiger partial charge in [-0.05, 0) is 35.3 Å².